The van der Waals surface area contributed by atoms with E-state index in [1.54, 1.807) is 37.3 Å². The van der Waals surface area contributed by atoms with Gasteiger partial charge < -0.3 is 19.0 Å². The summed E-state index contributed by atoms with van der Waals surface area (Å²) in [6.07, 6.45) is 0.00796. The predicted molar refractivity (Wildman–Crippen MR) is 126 cm³/mol. The highest BCUT2D eigenvalue weighted by molar-refractivity contribution is 7.93. The molecular formula is C22H23FN6O6S. The van der Waals surface area contributed by atoms with Crippen LogP contribution in [0.5, 0.6) is 11.5 Å². The average Bonchev–Trinajstić information content (AvgIpc) is 3.48. The zero-order valence-corrected chi connectivity index (χ0v) is 20.5. The van der Waals surface area contributed by atoms with Crippen molar-refractivity contribution in [3.05, 3.63) is 60.1 Å². The standard InChI is InChI=1S/C22H23FN6O6S/c1-12-8-9-17(35-12)21-26-27-22(29(21)18-15(33-3)6-5-7-16(18)34-4)28-36(31,32)13(2)19(30)20-24-10-14(23)11-25-20/h5-11,13,19,30H,1-4H3,(H,27,28)/t13-,19-/m1/s1. The Morgan fingerprint density at radius 3 is 2.28 bits per heavy atom. The van der Waals surface area contributed by atoms with Crippen LogP contribution in [0.15, 0.2) is 47.1 Å². The number of ether oxygens (including phenoxy) is 2. The zero-order valence-electron chi connectivity index (χ0n) is 19.7. The summed E-state index contributed by atoms with van der Waals surface area (Å²) in [6.45, 7) is 3.00. The summed E-state index contributed by atoms with van der Waals surface area (Å²) < 4.78 is 60.1. The molecule has 0 fully saturated rings. The molecule has 0 saturated carbocycles. The van der Waals surface area contributed by atoms with E-state index in [9.17, 15) is 17.9 Å². The lowest BCUT2D eigenvalue weighted by Crippen LogP contribution is -2.32. The Morgan fingerprint density at radius 2 is 1.72 bits per heavy atom. The molecule has 0 radical (unpaired) electrons. The van der Waals surface area contributed by atoms with E-state index in [1.165, 1.54) is 25.7 Å². The van der Waals surface area contributed by atoms with E-state index in [-0.39, 0.29) is 17.6 Å². The summed E-state index contributed by atoms with van der Waals surface area (Å²) in [5.74, 6) is 0.558. The number of rotatable bonds is 9. The summed E-state index contributed by atoms with van der Waals surface area (Å²) in [5.41, 5.74) is 0.310. The summed E-state index contributed by atoms with van der Waals surface area (Å²) >= 11 is 0. The molecule has 0 unspecified atom stereocenters. The van der Waals surface area contributed by atoms with Crippen LogP contribution in [0.25, 0.3) is 17.3 Å². The molecule has 0 bridgehead atoms. The van der Waals surface area contributed by atoms with Gasteiger partial charge in [-0.15, -0.1) is 10.2 Å². The minimum absolute atomic E-state index is 0.165. The van der Waals surface area contributed by atoms with Gasteiger partial charge in [0.25, 0.3) is 0 Å². The summed E-state index contributed by atoms with van der Waals surface area (Å²) in [6, 6.07) is 8.40. The molecule has 36 heavy (non-hydrogen) atoms. The number of aliphatic hydroxyl groups excluding tert-OH is 1. The molecule has 2 atom stereocenters. The Morgan fingerprint density at radius 1 is 1.08 bits per heavy atom. The van der Waals surface area contributed by atoms with E-state index in [0.717, 1.165) is 12.4 Å². The Labute approximate surface area is 205 Å². The third kappa shape index (κ3) is 4.72. The molecule has 12 nitrogen and oxygen atoms in total. The van der Waals surface area contributed by atoms with Crippen LogP contribution >= 0.6 is 0 Å². The minimum Gasteiger partial charge on any atom is -0.494 e. The summed E-state index contributed by atoms with van der Waals surface area (Å²) in [5, 5.41) is 17.3. The summed E-state index contributed by atoms with van der Waals surface area (Å²) in [4.78, 5) is 7.34. The molecule has 3 heterocycles. The van der Waals surface area contributed by atoms with Gasteiger partial charge in [0.2, 0.25) is 21.8 Å². The van der Waals surface area contributed by atoms with Crippen molar-refractivity contribution in [2.24, 2.45) is 0 Å². The van der Waals surface area contributed by atoms with Crippen LogP contribution < -0.4 is 14.2 Å². The third-order valence-electron chi connectivity index (χ3n) is 5.32. The van der Waals surface area contributed by atoms with Crippen LogP contribution in [0.4, 0.5) is 10.3 Å². The number of methoxy groups -OCH3 is 2. The lowest BCUT2D eigenvalue weighted by atomic mass is 10.2. The second kappa shape index (κ2) is 9.91. The number of nitrogens with zero attached hydrogens (tertiary/aromatic N) is 5. The smallest absolute Gasteiger partial charge is 0.243 e. The highest BCUT2D eigenvalue weighted by Gasteiger charge is 2.34. The molecule has 1 aromatic carbocycles. The van der Waals surface area contributed by atoms with E-state index in [1.807, 2.05) is 0 Å². The molecule has 0 aliphatic heterocycles. The first-order valence-corrected chi connectivity index (χ1v) is 12.1. The monoisotopic (exact) mass is 518 g/mol. The van der Waals surface area contributed by atoms with Crippen LogP contribution in [0.1, 0.15) is 24.6 Å². The molecule has 14 heteroatoms. The van der Waals surface area contributed by atoms with Crippen LogP contribution in [0.2, 0.25) is 0 Å². The fourth-order valence-electron chi connectivity index (χ4n) is 3.40. The lowest BCUT2D eigenvalue weighted by Gasteiger charge is -2.20. The van der Waals surface area contributed by atoms with Crippen molar-refractivity contribution < 1.29 is 31.8 Å². The largest absolute Gasteiger partial charge is 0.494 e. The van der Waals surface area contributed by atoms with E-state index >= 15 is 0 Å². The SMILES string of the molecule is COc1cccc(OC)c1-n1c(NS(=O)(=O)[C@H](C)[C@@H](O)c2ncc(F)cn2)nnc1-c1ccc(C)o1. The van der Waals surface area contributed by atoms with Gasteiger partial charge in [0.15, 0.2) is 17.4 Å². The zero-order chi connectivity index (χ0) is 26.0. The second-order valence-corrected chi connectivity index (χ2v) is 9.70. The number of benzene rings is 1. The number of anilines is 1. The van der Waals surface area contributed by atoms with Crippen LogP contribution in [-0.4, -0.2) is 57.7 Å². The number of para-hydroxylation sites is 1. The molecule has 3 aromatic heterocycles. The second-order valence-electron chi connectivity index (χ2n) is 7.66. The van der Waals surface area contributed by atoms with Crippen molar-refractivity contribution in [1.82, 2.24) is 24.7 Å². The van der Waals surface area contributed by atoms with Gasteiger partial charge in [-0.3, -0.25) is 9.29 Å². The molecule has 4 aromatic rings. The molecule has 0 aliphatic carbocycles. The lowest BCUT2D eigenvalue weighted by molar-refractivity contribution is 0.166. The van der Waals surface area contributed by atoms with Crippen molar-refractivity contribution >= 4 is 16.0 Å². The van der Waals surface area contributed by atoms with Crippen molar-refractivity contribution in [1.29, 1.82) is 0 Å². The van der Waals surface area contributed by atoms with Gasteiger partial charge in [0.05, 0.1) is 26.6 Å². The average molecular weight is 519 g/mol. The quantitative estimate of drug-likeness (QED) is 0.338. The maximum atomic E-state index is 13.3. The Balaban J connectivity index is 1.81. The van der Waals surface area contributed by atoms with Crippen LogP contribution in [-0.2, 0) is 10.0 Å². The first kappa shape index (κ1) is 25.1. The number of furan rings is 1. The van der Waals surface area contributed by atoms with Crippen LogP contribution in [0.3, 0.4) is 0 Å². The normalized spacial score (nSPS) is 13.3. The molecule has 190 valence electrons. The van der Waals surface area contributed by atoms with Gasteiger partial charge in [-0.05, 0) is 38.1 Å². The van der Waals surface area contributed by atoms with Gasteiger partial charge in [-0.2, -0.15) is 0 Å². The van der Waals surface area contributed by atoms with E-state index < -0.39 is 27.2 Å². The molecule has 4 rings (SSSR count). The van der Waals surface area contributed by atoms with Gasteiger partial charge in [-0.1, -0.05) is 6.07 Å². The van der Waals surface area contributed by atoms with Gasteiger partial charge in [0.1, 0.15) is 34.3 Å². The number of aromatic nitrogens is 5. The number of sulfonamides is 1. The Kier molecular flexibility index (Phi) is 6.90. The van der Waals surface area contributed by atoms with Crippen molar-refractivity contribution in [2.45, 2.75) is 25.2 Å². The molecule has 2 N–H and O–H groups in total. The van der Waals surface area contributed by atoms with E-state index in [2.05, 4.69) is 24.9 Å². The number of nitrogens with one attached hydrogen (secondary N) is 1. The summed E-state index contributed by atoms with van der Waals surface area (Å²) in [7, 11) is -1.42. The first-order chi connectivity index (χ1) is 17.2. The number of hydrogen-bond donors (Lipinski definition) is 2. The molecule has 0 amide bonds. The van der Waals surface area contributed by atoms with Crippen molar-refractivity contribution in [3.63, 3.8) is 0 Å². The molecule has 0 saturated heterocycles. The van der Waals surface area contributed by atoms with Gasteiger partial charge in [0, 0.05) is 0 Å². The molecule has 0 aliphatic rings. The molecular weight excluding hydrogens is 495 g/mol. The van der Waals surface area contributed by atoms with Crippen LogP contribution in [0, 0.1) is 12.7 Å². The van der Waals surface area contributed by atoms with Crippen molar-refractivity contribution in [2.75, 3.05) is 18.9 Å². The maximum Gasteiger partial charge on any atom is 0.243 e. The van der Waals surface area contributed by atoms with Crippen molar-refractivity contribution in [3.8, 4) is 28.8 Å². The highest BCUT2D eigenvalue weighted by atomic mass is 32.2. The topological polar surface area (TPSA) is 154 Å². The van der Waals surface area contributed by atoms with E-state index in [0.29, 0.717) is 28.7 Å². The fraction of sp³-hybridized carbons (Fsp3) is 0.273. The number of hydrogen-bond acceptors (Lipinski definition) is 10. The molecule has 0 spiro atoms. The predicted octanol–water partition coefficient (Wildman–Crippen LogP) is 2.65. The maximum absolute atomic E-state index is 13.3. The Hall–Kier alpha value is -4.04. The third-order valence-corrected chi connectivity index (χ3v) is 7.03. The highest BCUT2D eigenvalue weighted by Crippen LogP contribution is 2.38. The number of aryl methyl sites for hydroxylation is 1. The number of aliphatic hydroxyl groups is 1. The fourth-order valence-corrected chi connectivity index (χ4v) is 4.44. The van der Waals surface area contributed by atoms with Gasteiger partial charge in [-0.25, -0.2) is 22.8 Å². The minimum atomic E-state index is -4.31. The van der Waals surface area contributed by atoms with E-state index in [4.69, 9.17) is 13.9 Å². The van der Waals surface area contributed by atoms with Gasteiger partial charge >= 0.3 is 0 Å². The first-order valence-electron chi connectivity index (χ1n) is 10.6. The Bertz CT molecular complexity index is 1450. The number of halogens is 1.